The molecule has 3 rings (SSSR count). The van der Waals surface area contributed by atoms with Gasteiger partial charge in [0.2, 0.25) is 5.91 Å². The van der Waals surface area contributed by atoms with E-state index in [2.05, 4.69) is 10.3 Å². The molecule has 0 atom stereocenters. The minimum atomic E-state index is -0.220. The fourth-order valence-corrected chi connectivity index (χ4v) is 3.62. The van der Waals surface area contributed by atoms with Crippen LogP contribution in [0.3, 0.4) is 0 Å². The Morgan fingerprint density at radius 1 is 1.40 bits per heavy atom. The fraction of sp³-hybridized carbons (Fsp3) is 0.389. The summed E-state index contributed by atoms with van der Waals surface area (Å²) in [5, 5.41) is 3.80. The summed E-state index contributed by atoms with van der Waals surface area (Å²) >= 11 is 1.64. The van der Waals surface area contributed by atoms with Crippen molar-refractivity contribution in [3.05, 3.63) is 28.1 Å². The first-order valence-corrected chi connectivity index (χ1v) is 9.09. The molecule has 0 spiro atoms. The number of carbonyl (C=O) groups excluding carboxylic acids is 2. The standard InChI is InChI=1S/C18H21N3O3S/c1-4-7-19-16(22)9-21-14-8-13(18-11(2)25-12(3)20-18)5-6-15(14)24-10-17(21)23/h5-6,8H,4,7,9-10H2,1-3H3,(H,19,22). The number of aryl methyl sites for hydroxylation is 2. The van der Waals surface area contributed by atoms with E-state index in [-0.39, 0.29) is 25.0 Å². The summed E-state index contributed by atoms with van der Waals surface area (Å²) in [6.07, 6.45) is 0.853. The second-order valence-electron chi connectivity index (χ2n) is 5.94. The molecule has 0 bridgehead atoms. The van der Waals surface area contributed by atoms with Gasteiger partial charge in [-0.15, -0.1) is 11.3 Å². The van der Waals surface area contributed by atoms with E-state index in [0.717, 1.165) is 27.6 Å². The van der Waals surface area contributed by atoms with Gasteiger partial charge in [0.25, 0.3) is 5.91 Å². The van der Waals surface area contributed by atoms with Gasteiger partial charge in [-0.05, 0) is 38.5 Å². The average molecular weight is 359 g/mol. The van der Waals surface area contributed by atoms with E-state index in [1.165, 1.54) is 4.90 Å². The monoisotopic (exact) mass is 359 g/mol. The Hall–Kier alpha value is -2.41. The van der Waals surface area contributed by atoms with E-state index in [1.807, 2.05) is 39.0 Å². The van der Waals surface area contributed by atoms with Crippen molar-refractivity contribution in [2.45, 2.75) is 27.2 Å². The van der Waals surface area contributed by atoms with Crippen LogP contribution in [-0.2, 0) is 9.59 Å². The largest absolute Gasteiger partial charge is 0.482 e. The molecule has 1 aliphatic rings. The average Bonchev–Trinajstić information content (AvgIpc) is 2.93. The van der Waals surface area contributed by atoms with Crippen LogP contribution >= 0.6 is 11.3 Å². The van der Waals surface area contributed by atoms with Crippen LogP contribution in [0.4, 0.5) is 5.69 Å². The second-order valence-corrected chi connectivity index (χ2v) is 7.35. The number of fused-ring (bicyclic) bond motifs is 1. The molecule has 0 fully saturated rings. The summed E-state index contributed by atoms with van der Waals surface area (Å²) in [5.74, 6) is 0.216. The maximum atomic E-state index is 12.3. The van der Waals surface area contributed by atoms with E-state index in [9.17, 15) is 9.59 Å². The summed E-state index contributed by atoms with van der Waals surface area (Å²) in [6, 6.07) is 5.65. The third kappa shape index (κ3) is 3.66. The predicted molar refractivity (Wildman–Crippen MR) is 98.2 cm³/mol. The summed E-state index contributed by atoms with van der Waals surface area (Å²) in [4.78, 5) is 31.6. The highest BCUT2D eigenvalue weighted by atomic mass is 32.1. The van der Waals surface area contributed by atoms with Gasteiger partial charge in [-0.1, -0.05) is 6.92 Å². The zero-order chi connectivity index (χ0) is 18.0. The molecule has 132 valence electrons. The maximum Gasteiger partial charge on any atom is 0.265 e. The molecule has 0 saturated heterocycles. The second kappa shape index (κ2) is 7.23. The number of hydrogen-bond donors (Lipinski definition) is 1. The lowest BCUT2D eigenvalue weighted by atomic mass is 10.1. The molecule has 1 aromatic heterocycles. The maximum absolute atomic E-state index is 12.3. The topological polar surface area (TPSA) is 71.5 Å². The quantitative estimate of drug-likeness (QED) is 0.891. The third-order valence-electron chi connectivity index (χ3n) is 3.95. The Morgan fingerprint density at radius 2 is 2.20 bits per heavy atom. The normalized spacial score (nSPS) is 13.4. The molecule has 2 amide bonds. The Kier molecular flexibility index (Phi) is 5.03. The Bertz CT molecular complexity index is 816. The van der Waals surface area contributed by atoms with Gasteiger partial charge in [0.1, 0.15) is 12.3 Å². The van der Waals surface area contributed by atoms with Crippen molar-refractivity contribution < 1.29 is 14.3 Å². The SMILES string of the molecule is CCCNC(=O)CN1C(=O)COc2ccc(-c3nc(C)sc3C)cc21. The summed E-state index contributed by atoms with van der Waals surface area (Å²) < 4.78 is 5.51. The highest BCUT2D eigenvalue weighted by Gasteiger charge is 2.28. The zero-order valence-corrected chi connectivity index (χ0v) is 15.4. The number of aromatic nitrogens is 1. The van der Waals surface area contributed by atoms with E-state index in [1.54, 1.807) is 11.3 Å². The number of benzene rings is 1. The molecular weight excluding hydrogens is 338 g/mol. The van der Waals surface area contributed by atoms with Crippen molar-refractivity contribution >= 4 is 28.8 Å². The molecule has 1 N–H and O–H groups in total. The number of rotatable bonds is 5. The first-order chi connectivity index (χ1) is 12.0. The summed E-state index contributed by atoms with van der Waals surface area (Å²) in [7, 11) is 0. The van der Waals surface area contributed by atoms with Crippen LogP contribution in [-0.4, -0.2) is 36.5 Å². The van der Waals surface area contributed by atoms with E-state index < -0.39 is 0 Å². The minimum absolute atomic E-state index is 0.00623. The van der Waals surface area contributed by atoms with Crippen molar-refractivity contribution in [3.63, 3.8) is 0 Å². The van der Waals surface area contributed by atoms with Gasteiger partial charge in [0, 0.05) is 17.0 Å². The number of hydrogen-bond acceptors (Lipinski definition) is 5. The molecule has 0 radical (unpaired) electrons. The summed E-state index contributed by atoms with van der Waals surface area (Å²) in [6.45, 7) is 6.52. The van der Waals surface area contributed by atoms with Crippen LogP contribution in [0.1, 0.15) is 23.2 Å². The van der Waals surface area contributed by atoms with Crippen LogP contribution in [0.15, 0.2) is 18.2 Å². The molecule has 1 aliphatic heterocycles. The minimum Gasteiger partial charge on any atom is -0.482 e. The van der Waals surface area contributed by atoms with Crippen molar-refractivity contribution in [3.8, 4) is 17.0 Å². The number of nitrogens with zero attached hydrogens (tertiary/aromatic N) is 2. The van der Waals surface area contributed by atoms with Crippen LogP contribution in [0, 0.1) is 13.8 Å². The Morgan fingerprint density at radius 3 is 2.88 bits per heavy atom. The third-order valence-corrected chi connectivity index (χ3v) is 4.84. The number of carbonyl (C=O) groups is 2. The van der Waals surface area contributed by atoms with Crippen LogP contribution in [0.2, 0.25) is 0 Å². The van der Waals surface area contributed by atoms with Crippen molar-refractivity contribution in [2.24, 2.45) is 0 Å². The smallest absolute Gasteiger partial charge is 0.265 e. The first-order valence-electron chi connectivity index (χ1n) is 8.28. The Balaban J connectivity index is 1.93. The van der Waals surface area contributed by atoms with E-state index >= 15 is 0 Å². The molecule has 2 aromatic rings. The lowest BCUT2D eigenvalue weighted by Gasteiger charge is -2.29. The van der Waals surface area contributed by atoms with Crippen LogP contribution in [0.25, 0.3) is 11.3 Å². The van der Waals surface area contributed by atoms with Gasteiger partial charge in [0.05, 0.1) is 16.4 Å². The van der Waals surface area contributed by atoms with Gasteiger partial charge in [-0.3, -0.25) is 14.5 Å². The van der Waals surface area contributed by atoms with Gasteiger partial charge in [-0.2, -0.15) is 0 Å². The number of amides is 2. The highest BCUT2D eigenvalue weighted by molar-refractivity contribution is 7.11. The van der Waals surface area contributed by atoms with Crippen molar-refractivity contribution in [1.82, 2.24) is 10.3 Å². The molecule has 0 aliphatic carbocycles. The van der Waals surface area contributed by atoms with Crippen molar-refractivity contribution in [2.75, 3.05) is 24.6 Å². The van der Waals surface area contributed by atoms with E-state index in [4.69, 9.17) is 4.74 Å². The lowest BCUT2D eigenvalue weighted by molar-refractivity contribution is -0.125. The molecule has 6 nitrogen and oxygen atoms in total. The van der Waals surface area contributed by atoms with Gasteiger partial charge in [-0.25, -0.2) is 4.98 Å². The molecule has 1 aromatic carbocycles. The molecule has 7 heteroatoms. The molecular formula is C18H21N3O3S. The molecule has 0 saturated carbocycles. The lowest BCUT2D eigenvalue weighted by Crippen LogP contribution is -2.45. The Labute approximate surface area is 150 Å². The van der Waals surface area contributed by atoms with E-state index in [0.29, 0.717) is 18.0 Å². The number of anilines is 1. The van der Waals surface area contributed by atoms with Gasteiger partial charge < -0.3 is 10.1 Å². The molecule has 25 heavy (non-hydrogen) atoms. The predicted octanol–water partition coefficient (Wildman–Crippen LogP) is 2.68. The molecule has 2 heterocycles. The highest BCUT2D eigenvalue weighted by Crippen LogP contribution is 2.37. The first kappa shape index (κ1) is 17.4. The number of nitrogens with one attached hydrogen (secondary N) is 1. The van der Waals surface area contributed by atoms with Gasteiger partial charge in [0.15, 0.2) is 6.61 Å². The number of thiazole rings is 1. The fourth-order valence-electron chi connectivity index (χ4n) is 2.78. The van der Waals surface area contributed by atoms with Crippen molar-refractivity contribution in [1.29, 1.82) is 0 Å². The summed E-state index contributed by atoms with van der Waals surface area (Å²) in [5.41, 5.74) is 2.43. The number of ether oxygens (including phenoxy) is 1. The van der Waals surface area contributed by atoms with Gasteiger partial charge >= 0.3 is 0 Å². The van der Waals surface area contributed by atoms with Crippen LogP contribution < -0.4 is 15.0 Å². The van der Waals surface area contributed by atoms with Crippen LogP contribution in [0.5, 0.6) is 5.75 Å². The zero-order valence-electron chi connectivity index (χ0n) is 14.6. The molecule has 0 unspecified atom stereocenters.